The second-order valence-electron chi connectivity index (χ2n) is 10.1. The number of piperidine rings is 1. The van der Waals surface area contributed by atoms with Gasteiger partial charge in [0.05, 0.1) is 31.4 Å². The minimum absolute atomic E-state index is 0.109. The van der Waals surface area contributed by atoms with Gasteiger partial charge in [-0.2, -0.15) is 13.2 Å². The molecule has 2 fully saturated rings. The number of aromatic nitrogens is 3. The SMILES string of the molecule is COC(=O)Nc1cccc(-c2cnc(N[C@@H]3CCCC[C@H]3N[C@H]3CCCN(c4cnc(C(F)(F)F)nc4)C3)o2)c1. The molecule has 1 amide bonds. The topological polar surface area (TPSA) is 117 Å². The Hall–Kier alpha value is -3.87. The summed E-state index contributed by atoms with van der Waals surface area (Å²) in [5.41, 5.74) is 1.94. The van der Waals surface area contributed by atoms with Gasteiger partial charge in [0.15, 0.2) is 5.76 Å². The number of amides is 1. The van der Waals surface area contributed by atoms with E-state index in [4.69, 9.17) is 4.42 Å². The average molecular weight is 560 g/mol. The number of alkyl halides is 3. The van der Waals surface area contributed by atoms with E-state index >= 15 is 0 Å². The Labute approximate surface area is 229 Å². The Bertz CT molecular complexity index is 1280. The third kappa shape index (κ3) is 6.82. The molecule has 1 saturated heterocycles. The third-order valence-electron chi connectivity index (χ3n) is 7.29. The van der Waals surface area contributed by atoms with Gasteiger partial charge in [0.25, 0.3) is 6.01 Å². The fourth-order valence-corrected chi connectivity index (χ4v) is 5.34. The molecular formula is C27H32F3N7O3. The summed E-state index contributed by atoms with van der Waals surface area (Å²) in [6, 6.07) is 8.10. The first-order valence-electron chi connectivity index (χ1n) is 13.4. The minimum Gasteiger partial charge on any atom is -0.453 e. The van der Waals surface area contributed by atoms with Gasteiger partial charge >= 0.3 is 12.3 Å². The van der Waals surface area contributed by atoms with Gasteiger partial charge in [-0.1, -0.05) is 25.0 Å². The Morgan fingerprint density at radius 2 is 1.82 bits per heavy atom. The predicted molar refractivity (Wildman–Crippen MR) is 143 cm³/mol. The summed E-state index contributed by atoms with van der Waals surface area (Å²) >= 11 is 0. The molecule has 5 rings (SSSR count). The smallest absolute Gasteiger partial charge is 0.451 e. The number of hydrogen-bond acceptors (Lipinski definition) is 9. The molecule has 10 nitrogen and oxygen atoms in total. The molecule has 1 aliphatic carbocycles. The van der Waals surface area contributed by atoms with Crippen molar-refractivity contribution in [3.05, 3.63) is 48.7 Å². The van der Waals surface area contributed by atoms with E-state index in [0.29, 0.717) is 29.7 Å². The summed E-state index contributed by atoms with van der Waals surface area (Å²) in [5, 5.41) is 9.88. The molecule has 3 aromatic rings. The molecule has 0 unspecified atom stereocenters. The lowest BCUT2D eigenvalue weighted by Gasteiger charge is -2.40. The number of nitrogens with one attached hydrogen (secondary N) is 3. The van der Waals surface area contributed by atoms with Crippen LogP contribution in [0.5, 0.6) is 0 Å². The molecular weight excluding hydrogens is 527 g/mol. The zero-order valence-corrected chi connectivity index (χ0v) is 22.1. The van der Waals surface area contributed by atoms with Gasteiger partial charge in [0.1, 0.15) is 0 Å². The van der Waals surface area contributed by atoms with Gasteiger partial charge in [-0.3, -0.25) is 5.32 Å². The van der Waals surface area contributed by atoms with E-state index in [0.717, 1.165) is 50.6 Å². The molecule has 3 heterocycles. The predicted octanol–water partition coefficient (Wildman–Crippen LogP) is 5.31. The Kier molecular flexibility index (Phi) is 8.38. The van der Waals surface area contributed by atoms with E-state index in [1.165, 1.54) is 19.5 Å². The van der Waals surface area contributed by atoms with Crippen LogP contribution < -0.4 is 20.9 Å². The highest BCUT2D eigenvalue weighted by Crippen LogP contribution is 2.30. The molecule has 214 valence electrons. The van der Waals surface area contributed by atoms with Crippen molar-refractivity contribution in [3.63, 3.8) is 0 Å². The van der Waals surface area contributed by atoms with Gasteiger partial charge < -0.3 is 24.7 Å². The number of hydrogen-bond donors (Lipinski definition) is 3. The van der Waals surface area contributed by atoms with E-state index in [1.54, 1.807) is 18.3 Å². The van der Waals surface area contributed by atoms with Crippen molar-refractivity contribution in [1.29, 1.82) is 0 Å². The molecule has 1 saturated carbocycles. The van der Waals surface area contributed by atoms with Gasteiger partial charge in [-0.15, -0.1) is 0 Å². The van der Waals surface area contributed by atoms with E-state index in [2.05, 4.69) is 35.6 Å². The van der Waals surface area contributed by atoms with Crippen molar-refractivity contribution in [2.45, 2.75) is 62.8 Å². The standard InChI is InChI=1S/C27H32F3N7O3/c1-39-26(38)35-18-7-4-6-17(12-18)23-15-33-25(40-23)36-22-10-3-2-9-21(22)34-19-8-5-11-37(16-19)20-13-31-24(32-14-20)27(28,29)30/h4,6-7,12-15,19,21-22,34H,2-3,5,8-11,16H2,1H3,(H,33,36)(H,35,38)/t19-,21+,22+/m0/s1. The number of oxazole rings is 1. The van der Waals surface area contributed by atoms with Crippen molar-refractivity contribution in [2.24, 2.45) is 0 Å². The number of rotatable bonds is 7. The highest BCUT2D eigenvalue weighted by atomic mass is 19.4. The van der Waals surface area contributed by atoms with Crippen molar-refractivity contribution in [1.82, 2.24) is 20.3 Å². The highest BCUT2D eigenvalue weighted by Gasteiger charge is 2.35. The molecule has 1 aromatic carbocycles. The van der Waals surface area contributed by atoms with Crippen LogP contribution in [0.3, 0.4) is 0 Å². The van der Waals surface area contributed by atoms with Crippen molar-refractivity contribution in [2.75, 3.05) is 35.7 Å². The molecule has 40 heavy (non-hydrogen) atoms. The number of halogens is 3. The van der Waals surface area contributed by atoms with Gasteiger partial charge in [0.2, 0.25) is 5.82 Å². The van der Waals surface area contributed by atoms with Gasteiger partial charge in [-0.25, -0.2) is 19.7 Å². The van der Waals surface area contributed by atoms with Crippen LogP contribution in [0, 0.1) is 0 Å². The number of ether oxygens (including phenoxy) is 1. The van der Waals surface area contributed by atoms with Crippen LogP contribution in [0.1, 0.15) is 44.3 Å². The number of benzene rings is 1. The summed E-state index contributed by atoms with van der Waals surface area (Å²) in [7, 11) is 1.31. The van der Waals surface area contributed by atoms with E-state index in [-0.39, 0.29) is 18.1 Å². The first-order chi connectivity index (χ1) is 19.3. The van der Waals surface area contributed by atoms with Crippen LogP contribution in [0.15, 0.2) is 47.3 Å². The number of methoxy groups -OCH3 is 1. The van der Waals surface area contributed by atoms with Crippen molar-refractivity contribution >= 4 is 23.5 Å². The maximum atomic E-state index is 12.9. The lowest BCUT2D eigenvalue weighted by Crippen LogP contribution is -2.55. The second kappa shape index (κ2) is 12.1. The van der Waals surface area contributed by atoms with Crippen LogP contribution in [0.4, 0.5) is 35.4 Å². The Morgan fingerprint density at radius 3 is 2.58 bits per heavy atom. The lowest BCUT2D eigenvalue weighted by molar-refractivity contribution is -0.145. The van der Waals surface area contributed by atoms with Crippen LogP contribution in [-0.4, -0.2) is 59.4 Å². The molecule has 3 N–H and O–H groups in total. The molecule has 0 bridgehead atoms. The molecule has 2 aliphatic rings. The first-order valence-corrected chi connectivity index (χ1v) is 13.4. The summed E-state index contributed by atoms with van der Waals surface area (Å²) < 4.78 is 49.2. The Balaban J connectivity index is 1.20. The maximum Gasteiger partial charge on any atom is 0.451 e. The van der Waals surface area contributed by atoms with E-state index in [9.17, 15) is 18.0 Å². The van der Waals surface area contributed by atoms with Crippen LogP contribution in [-0.2, 0) is 10.9 Å². The monoisotopic (exact) mass is 559 g/mol. The van der Waals surface area contributed by atoms with Gasteiger partial charge in [0, 0.05) is 42.5 Å². The largest absolute Gasteiger partial charge is 0.453 e. The fourth-order valence-electron chi connectivity index (χ4n) is 5.34. The highest BCUT2D eigenvalue weighted by molar-refractivity contribution is 5.85. The van der Waals surface area contributed by atoms with E-state index < -0.39 is 18.1 Å². The summed E-state index contributed by atoms with van der Waals surface area (Å²) in [6.45, 7) is 1.41. The van der Waals surface area contributed by atoms with Crippen molar-refractivity contribution < 1.29 is 27.1 Å². The molecule has 0 radical (unpaired) electrons. The molecule has 2 aromatic heterocycles. The quantitative estimate of drug-likeness (QED) is 0.354. The summed E-state index contributed by atoms with van der Waals surface area (Å²) in [4.78, 5) is 25.0. The van der Waals surface area contributed by atoms with E-state index in [1.807, 2.05) is 17.0 Å². The molecule has 0 spiro atoms. The lowest BCUT2D eigenvalue weighted by atomic mass is 9.89. The molecule has 13 heteroatoms. The zero-order chi connectivity index (χ0) is 28.1. The molecule has 3 atom stereocenters. The Morgan fingerprint density at radius 1 is 1.05 bits per heavy atom. The first kappa shape index (κ1) is 27.7. The summed E-state index contributed by atoms with van der Waals surface area (Å²) in [5.74, 6) is -0.558. The number of carbonyl (C=O) groups excluding carboxylic acids is 1. The maximum absolute atomic E-state index is 12.9. The van der Waals surface area contributed by atoms with Crippen LogP contribution in [0.2, 0.25) is 0 Å². The fraction of sp³-hybridized carbons (Fsp3) is 0.481. The van der Waals surface area contributed by atoms with Gasteiger partial charge in [-0.05, 0) is 37.8 Å². The number of nitrogens with zero attached hydrogens (tertiary/aromatic N) is 4. The number of anilines is 3. The van der Waals surface area contributed by atoms with Crippen LogP contribution in [0.25, 0.3) is 11.3 Å². The zero-order valence-electron chi connectivity index (χ0n) is 22.1. The minimum atomic E-state index is -4.55. The summed E-state index contributed by atoms with van der Waals surface area (Å²) in [6.07, 6.45) is 5.08. The van der Waals surface area contributed by atoms with Crippen LogP contribution >= 0.6 is 0 Å². The second-order valence-corrected chi connectivity index (χ2v) is 10.1. The third-order valence-corrected chi connectivity index (χ3v) is 7.29. The van der Waals surface area contributed by atoms with Crippen molar-refractivity contribution in [3.8, 4) is 11.3 Å². The average Bonchev–Trinajstić information content (AvgIpc) is 3.42. The number of carbonyl (C=O) groups is 1. The molecule has 1 aliphatic heterocycles. The normalized spacial score (nSPS) is 21.6.